The fourth-order valence-electron chi connectivity index (χ4n) is 2.37. The van der Waals surface area contributed by atoms with Gasteiger partial charge in [-0.15, -0.1) is 11.3 Å². The van der Waals surface area contributed by atoms with Gasteiger partial charge < -0.3 is 0 Å². The molecule has 3 heteroatoms. The van der Waals surface area contributed by atoms with Crippen LogP contribution in [0.4, 0.5) is 0 Å². The standard InChI is InChI=1S/C17H14BrIS/c1-10-3-4-17-13(5-10)8-14(20-17)7-12-9-16(19)15(18)6-11(12)2/h3-6,8-9H,7H2,1-2H3. The van der Waals surface area contributed by atoms with Crippen LogP contribution >= 0.6 is 49.9 Å². The van der Waals surface area contributed by atoms with Crippen molar-refractivity contribution in [2.75, 3.05) is 0 Å². The Balaban J connectivity index is 1.99. The Hall–Kier alpha value is -0.390. The number of aryl methyl sites for hydroxylation is 2. The Bertz CT molecular complexity index is 789. The maximum atomic E-state index is 3.60. The third-order valence-corrected chi connectivity index (χ3v) is 6.87. The number of rotatable bonds is 2. The van der Waals surface area contributed by atoms with Crippen molar-refractivity contribution < 1.29 is 0 Å². The quantitative estimate of drug-likeness (QED) is 0.387. The summed E-state index contributed by atoms with van der Waals surface area (Å²) in [6.45, 7) is 4.34. The van der Waals surface area contributed by atoms with Gasteiger partial charge in [0.05, 0.1) is 0 Å². The lowest BCUT2D eigenvalue weighted by atomic mass is 10.0. The highest BCUT2D eigenvalue weighted by Crippen LogP contribution is 2.30. The predicted molar refractivity (Wildman–Crippen MR) is 101 cm³/mol. The third kappa shape index (κ3) is 2.95. The number of thiophene rings is 1. The van der Waals surface area contributed by atoms with Crippen LogP contribution in [0.15, 0.2) is 40.9 Å². The van der Waals surface area contributed by atoms with Crippen LogP contribution in [0.2, 0.25) is 0 Å². The molecule has 0 nitrogen and oxygen atoms in total. The molecule has 3 rings (SSSR count). The van der Waals surface area contributed by atoms with Crippen LogP contribution in [0.1, 0.15) is 21.6 Å². The van der Waals surface area contributed by atoms with Gasteiger partial charge in [-0.25, -0.2) is 0 Å². The van der Waals surface area contributed by atoms with E-state index in [9.17, 15) is 0 Å². The molecule has 1 aromatic heterocycles. The normalized spacial score (nSPS) is 11.2. The summed E-state index contributed by atoms with van der Waals surface area (Å²) in [7, 11) is 0. The SMILES string of the molecule is Cc1ccc2sc(Cc3cc(I)c(Br)cc3C)cc2c1. The van der Waals surface area contributed by atoms with Crippen LogP contribution in [0.5, 0.6) is 0 Å². The van der Waals surface area contributed by atoms with E-state index in [2.05, 4.69) is 88.8 Å². The van der Waals surface area contributed by atoms with Gasteiger partial charge in [-0.1, -0.05) is 17.7 Å². The Morgan fingerprint density at radius 3 is 2.70 bits per heavy atom. The van der Waals surface area contributed by atoms with E-state index >= 15 is 0 Å². The van der Waals surface area contributed by atoms with Crippen molar-refractivity contribution in [3.63, 3.8) is 0 Å². The molecule has 0 fully saturated rings. The van der Waals surface area contributed by atoms with Gasteiger partial charge >= 0.3 is 0 Å². The maximum Gasteiger partial charge on any atom is 0.0345 e. The molecule has 0 saturated heterocycles. The lowest BCUT2D eigenvalue weighted by Crippen LogP contribution is -1.91. The molecule has 0 bridgehead atoms. The van der Waals surface area contributed by atoms with Crippen molar-refractivity contribution in [1.29, 1.82) is 0 Å². The number of benzene rings is 2. The third-order valence-electron chi connectivity index (χ3n) is 3.47. The van der Waals surface area contributed by atoms with Crippen molar-refractivity contribution in [2.24, 2.45) is 0 Å². The largest absolute Gasteiger partial charge is 0.140 e. The average molecular weight is 457 g/mol. The number of halogens is 2. The molecular weight excluding hydrogens is 443 g/mol. The van der Waals surface area contributed by atoms with Crippen LogP contribution in [0.3, 0.4) is 0 Å². The first-order chi connectivity index (χ1) is 9.52. The summed E-state index contributed by atoms with van der Waals surface area (Å²) in [5.74, 6) is 0. The lowest BCUT2D eigenvalue weighted by Gasteiger charge is -2.07. The van der Waals surface area contributed by atoms with Crippen LogP contribution < -0.4 is 0 Å². The van der Waals surface area contributed by atoms with E-state index in [0.717, 1.165) is 6.42 Å². The zero-order chi connectivity index (χ0) is 14.3. The van der Waals surface area contributed by atoms with Crippen molar-refractivity contribution in [1.82, 2.24) is 0 Å². The molecule has 0 saturated carbocycles. The molecule has 0 aliphatic carbocycles. The van der Waals surface area contributed by atoms with Crippen molar-refractivity contribution >= 4 is 59.9 Å². The van der Waals surface area contributed by atoms with Gasteiger partial charge in [-0.2, -0.15) is 0 Å². The second-order valence-corrected chi connectivity index (χ2v) is 8.31. The van der Waals surface area contributed by atoms with Crippen LogP contribution in [0.25, 0.3) is 10.1 Å². The Morgan fingerprint density at radius 2 is 1.90 bits per heavy atom. The highest BCUT2D eigenvalue weighted by molar-refractivity contribution is 14.1. The molecule has 0 spiro atoms. The smallest absolute Gasteiger partial charge is 0.0345 e. The summed E-state index contributed by atoms with van der Waals surface area (Å²) in [5.41, 5.74) is 4.10. The van der Waals surface area contributed by atoms with Gasteiger partial charge in [0.15, 0.2) is 0 Å². The summed E-state index contributed by atoms with van der Waals surface area (Å²) in [6.07, 6.45) is 1.02. The van der Waals surface area contributed by atoms with E-state index in [0.29, 0.717) is 0 Å². The summed E-state index contributed by atoms with van der Waals surface area (Å²) in [4.78, 5) is 1.44. The molecule has 102 valence electrons. The summed E-state index contributed by atoms with van der Waals surface area (Å²) < 4.78 is 3.85. The molecule has 1 heterocycles. The monoisotopic (exact) mass is 456 g/mol. The Morgan fingerprint density at radius 1 is 1.10 bits per heavy atom. The Kier molecular flexibility index (Phi) is 4.20. The molecule has 3 aromatic rings. The summed E-state index contributed by atoms with van der Waals surface area (Å²) in [5, 5.41) is 1.37. The van der Waals surface area contributed by atoms with E-state index in [1.165, 1.54) is 39.7 Å². The number of hydrogen-bond donors (Lipinski definition) is 0. The van der Waals surface area contributed by atoms with Gasteiger partial charge in [0.2, 0.25) is 0 Å². The van der Waals surface area contributed by atoms with Gasteiger partial charge in [-0.05, 0) is 93.1 Å². The van der Waals surface area contributed by atoms with Crippen molar-refractivity contribution in [3.8, 4) is 0 Å². The molecule has 0 unspecified atom stereocenters. The van der Waals surface area contributed by atoms with Gasteiger partial charge in [0, 0.05) is 24.0 Å². The average Bonchev–Trinajstić information content (AvgIpc) is 2.77. The maximum absolute atomic E-state index is 3.60. The minimum atomic E-state index is 1.02. The highest BCUT2D eigenvalue weighted by atomic mass is 127. The first-order valence-electron chi connectivity index (χ1n) is 6.46. The minimum Gasteiger partial charge on any atom is -0.140 e. The summed E-state index contributed by atoms with van der Waals surface area (Å²) in [6, 6.07) is 13.5. The van der Waals surface area contributed by atoms with E-state index in [1.54, 1.807) is 0 Å². The van der Waals surface area contributed by atoms with Crippen LogP contribution in [-0.4, -0.2) is 0 Å². The number of fused-ring (bicyclic) bond motifs is 1. The molecular formula is C17H14BrIS. The van der Waals surface area contributed by atoms with Gasteiger partial charge in [0.1, 0.15) is 0 Å². The Labute approximate surface area is 145 Å². The van der Waals surface area contributed by atoms with E-state index in [1.807, 2.05) is 11.3 Å². The molecule has 0 N–H and O–H groups in total. The zero-order valence-corrected chi connectivity index (χ0v) is 15.9. The second-order valence-electron chi connectivity index (χ2n) is 5.12. The summed E-state index contributed by atoms with van der Waals surface area (Å²) >= 11 is 7.89. The molecule has 0 amide bonds. The van der Waals surface area contributed by atoms with Crippen molar-refractivity contribution in [2.45, 2.75) is 20.3 Å². The molecule has 20 heavy (non-hydrogen) atoms. The van der Waals surface area contributed by atoms with Crippen LogP contribution in [0, 0.1) is 17.4 Å². The molecule has 0 aliphatic rings. The van der Waals surface area contributed by atoms with Crippen LogP contribution in [-0.2, 0) is 6.42 Å². The van der Waals surface area contributed by atoms with Gasteiger partial charge in [-0.3, -0.25) is 0 Å². The topological polar surface area (TPSA) is 0 Å². The molecule has 0 radical (unpaired) electrons. The fourth-order valence-corrected chi connectivity index (χ4v) is 4.43. The van der Waals surface area contributed by atoms with E-state index < -0.39 is 0 Å². The first kappa shape index (κ1) is 14.5. The molecule has 2 aromatic carbocycles. The molecule has 0 aliphatic heterocycles. The van der Waals surface area contributed by atoms with Gasteiger partial charge in [0.25, 0.3) is 0 Å². The lowest BCUT2D eigenvalue weighted by molar-refractivity contribution is 1.18. The minimum absolute atomic E-state index is 1.02. The van der Waals surface area contributed by atoms with E-state index in [-0.39, 0.29) is 0 Å². The second kappa shape index (κ2) is 5.78. The fraction of sp³-hybridized carbons (Fsp3) is 0.176. The first-order valence-corrected chi connectivity index (χ1v) is 9.15. The number of hydrogen-bond acceptors (Lipinski definition) is 1. The molecule has 0 atom stereocenters. The highest BCUT2D eigenvalue weighted by Gasteiger charge is 2.07. The van der Waals surface area contributed by atoms with Crippen molar-refractivity contribution in [3.05, 3.63) is 66.0 Å². The predicted octanol–water partition coefficient (Wildman–Crippen LogP) is 6.48. The van der Waals surface area contributed by atoms with E-state index in [4.69, 9.17) is 0 Å². The zero-order valence-electron chi connectivity index (χ0n) is 11.3.